The number of rotatable bonds is 4. The Kier molecular flexibility index (Phi) is 4.68. The summed E-state index contributed by atoms with van der Waals surface area (Å²) in [5.74, 6) is -0.715. The van der Waals surface area contributed by atoms with Crippen LogP contribution in [0.4, 0.5) is 11.4 Å². The van der Waals surface area contributed by atoms with Gasteiger partial charge in [0, 0.05) is 24.3 Å². The second-order valence-corrected chi connectivity index (χ2v) is 4.37. The number of carbonyl (C=O) groups excluding carboxylic acids is 2. The smallest absolute Gasteiger partial charge is 0.337 e. The lowest BCUT2D eigenvalue weighted by Crippen LogP contribution is -2.70. The highest BCUT2D eigenvalue weighted by Crippen LogP contribution is 2.10. The molecule has 5 heteroatoms. The van der Waals surface area contributed by atoms with Gasteiger partial charge < -0.3 is 9.47 Å². The molecule has 2 aromatic carbocycles. The predicted molar refractivity (Wildman–Crippen MR) is 76.8 cm³/mol. The molecule has 0 saturated heterocycles. The van der Waals surface area contributed by atoms with Crippen molar-refractivity contribution in [1.82, 2.24) is 0 Å². The zero-order valence-electron chi connectivity index (χ0n) is 11.8. The fraction of sp³-hybridized carbons (Fsp3) is 0.125. The number of ether oxygens (including phenoxy) is 2. The van der Waals surface area contributed by atoms with Crippen molar-refractivity contribution in [3.8, 4) is 0 Å². The molecule has 0 unspecified atom stereocenters. The van der Waals surface area contributed by atoms with E-state index in [2.05, 4.69) is 9.47 Å². The van der Waals surface area contributed by atoms with E-state index in [0.29, 0.717) is 11.1 Å². The molecule has 0 saturated carbocycles. The lowest BCUT2D eigenvalue weighted by molar-refractivity contribution is -0.478. The molecule has 0 radical (unpaired) electrons. The molecular weight excluding hydrogens is 270 g/mol. The van der Waals surface area contributed by atoms with Crippen molar-refractivity contribution >= 4 is 23.3 Å². The van der Waals surface area contributed by atoms with E-state index in [9.17, 15) is 9.59 Å². The summed E-state index contributed by atoms with van der Waals surface area (Å²) in [5, 5.41) is 1.95. The maximum absolute atomic E-state index is 11.3. The van der Waals surface area contributed by atoms with Crippen molar-refractivity contribution in [2.75, 3.05) is 14.2 Å². The summed E-state index contributed by atoms with van der Waals surface area (Å²) in [6.07, 6.45) is 0. The summed E-state index contributed by atoms with van der Waals surface area (Å²) >= 11 is 0. The molecule has 0 aliphatic rings. The molecule has 2 rings (SSSR count). The number of esters is 2. The SMILES string of the molecule is COC(=O)c1ccc([NH2+]c2ccc(C(=O)OC)cc2)cc1. The highest BCUT2D eigenvalue weighted by atomic mass is 16.5. The molecule has 0 fully saturated rings. The monoisotopic (exact) mass is 286 g/mol. The number of quaternary nitrogens is 1. The average Bonchev–Trinajstić information content (AvgIpc) is 2.55. The summed E-state index contributed by atoms with van der Waals surface area (Å²) in [7, 11) is 2.70. The van der Waals surface area contributed by atoms with Gasteiger partial charge in [-0.1, -0.05) is 0 Å². The molecule has 0 aliphatic carbocycles. The molecule has 21 heavy (non-hydrogen) atoms. The van der Waals surface area contributed by atoms with Gasteiger partial charge in [-0.25, -0.2) is 9.59 Å². The molecule has 108 valence electrons. The van der Waals surface area contributed by atoms with Crippen molar-refractivity contribution in [3.05, 3.63) is 59.7 Å². The van der Waals surface area contributed by atoms with Crippen LogP contribution in [0.3, 0.4) is 0 Å². The van der Waals surface area contributed by atoms with Gasteiger partial charge in [-0.3, -0.25) is 5.32 Å². The molecule has 0 atom stereocenters. The van der Waals surface area contributed by atoms with Crippen molar-refractivity contribution in [1.29, 1.82) is 0 Å². The number of hydrogen-bond acceptors (Lipinski definition) is 4. The molecule has 0 amide bonds. The van der Waals surface area contributed by atoms with Crippen molar-refractivity contribution < 1.29 is 24.4 Å². The lowest BCUT2D eigenvalue weighted by atomic mass is 10.2. The Balaban J connectivity index is 2.08. The van der Waals surface area contributed by atoms with Crippen LogP contribution < -0.4 is 5.32 Å². The van der Waals surface area contributed by atoms with Crippen LogP contribution in [0.1, 0.15) is 20.7 Å². The number of carbonyl (C=O) groups is 2. The van der Waals surface area contributed by atoms with E-state index in [1.54, 1.807) is 24.3 Å². The average molecular weight is 286 g/mol. The molecule has 0 aromatic heterocycles. The topological polar surface area (TPSA) is 69.2 Å². The van der Waals surface area contributed by atoms with Crippen LogP contribution in [-0.4, -0.2) is 26.2 Å². The first-order valence-electron chi connectivity index (χ1n) is 6.35. The molecule has 0 aliphatic heterocycles. The van der Waals surface area contributed by atoms with Crippen LogP contribution in [-0.2, 0) is 9.47 Å². The maximum atomic E-state index is 11.3. The summed E-state index contributed by atoms with van der Waals surface area (Å²) in [6, 6.07) is 14.2. The van der Waals surface area contributed by atoms with E-state index in [4.69, 9.17) is 0 Å². The van der Waals surface area contributed by atoms with Gasteiger partial charge in [0.05, 0.1) is 25.3 Å². The summed E-state index contributed by atoms with van der Waals surface area (Å²) in [6.45, 7) is 0. The van der Waals surface area contributed by atoms with Gasteiger partial charge in [0.1, 0.15) is 11.4 Å². The Bertz CT molecular complexity index is 575. The van der Waals surface area contributed by atoms with Gasteiger partial charge >= 0.3 is 11.9 Å². The first-order chi connectivity index (χ1) is 10.1. The zero-order valence-corrected chi connectivity index (χ0v) is 11.8. The molecule has 2 aromatic rings. The Labute approximate surface area is 122 Å². The number of nitrogens with two attached hydrogens (primary N) is 1. The van der Waals surface area contributed by atoms with Crippen LogP contribution in [0.25, 0.3) is 0 Å². The molecule has 5 nitrogen and oxygen atoms in total. The number of benzene rings is 2. The summed E-state index contributed by atoms with van der Waals surface area (Å²) in [4.78, 5) is 22.7. The first-order valence-corrected chi connectivity index (χ1v) is 6.35. The van der Waals surface area contributed by atoms with E-state index in [1.807, 2.05) is 29.6 Å². The third-order valence-electron chi connectivity index (χ3n) is 3.00. The molecule has 0 spiro atoms. The summed E-state index contributed by atoms with van der Waals surface area (Å²) in [5.41, 5.74) is 2.92. The zero-order chi connectivity index (χ0) is 15.2. The second-order valence-electron chi connectivity index (χ2n) is 4.37. The minimum atomic E-state index is -0.357. The predicted octanol–water partition coefficient (Wildman–Crippen LogP) is 1.79. The van der Waals surface area contributed by atoms with Crippen molar-refractivity contribution in [2.45, 2.75) is 0 Å². The Hall–Kier alpha value is -2.66. The molecular formula is C16H16NO4+. The fourth-order valence-electron chi connectivity index (χ4n) is 1.86. The van der Waals surface area contributed by atoms with Gasteiger partial charge in [0.2, 0.25) is 0 Å². The third-order valence-corrected chi connectivity index (χ3v) is 3.00. The normalized spacial score (nSPS) is 10.0. The van der Waals surface area contributed by atoms with E-state index >= 15 is 0 Å². The van der Waals surface area contributed by atoms with Gasteiger partial charge in [-0.2, -0.15) is 0 Å². The largest absolute Gasteiger partial charge is 0.465 e. The third kappa shape index (κ3) is 3.67. The fourth-order valence-corrected chi connectivity index (χ4v) is 1.86. The van der Waals surface area contributed by atoms with E-state index < -0.39 is 0 Å². The van der Waals surface area contributed by atoms with Crippen LogP contribution in [0, 0.1) is 0 Å². The van der Waals surface area contributed by atoms with E-state index in [1.165, 1.54) is 14.2 Å². The Morgan fingerprint density at radius 2 is 1.05 bits per heavy atom. The quantitative estimate of drug-likeness (QED) is 0.687. The molecule has 0 bridgehead atoms. The van der Waals surface area contributed by atoms with Crippen LogP contribution in [0.5, 0.6) is 0 Å². The lowest BCUT2D eigenvalue weighted by Gasteiger charge is -2.03. The minimum absolute atomic E-state index is 0.357. The highest BCUT2D eigenvalue weighted by Gasteiger charge is 2.08. The summed E-state index contributed by atoms with van der Waals surface area (Å²) < 4.78 is 9.30. The Morgan fingerprint density at radius 1 is 0.714 bits per heavy atom. The van der Waals surface area contributed by atoms with Gasteiger partial charge in [-0.05, 0) is 24.3 Å². The van der Waals surface area contributed by atoms with E-state index in [0.717, 1.165) is 11.4 Å². The molecule has 0 heterocycles. The van der Waals surface area contributed by atoms with Gasteiger partial charge in [0.15, 0.2) is 0 Å². The van der Waals surface area contributed by atoms with E-state index in [-0.39, 0.29) is 11.9 Å². The van der Waals surface area contributed by atoms with Crippen molar-refractivity contribution in [2.24, 2.45) is 0 Å². The number of hydrogen-bond donors (Lipinski definition) is 1. The van der Waals surface area contributed by atoms with Gasteiger partial charge in [0.25, 0.3) is 0 Å². The van der Waals surface area contributed by atoms with Crippen LogP contribution >= 0.6 is 0 Å². The van der Waals surface area contributed by atoms with Gasteiger partial charge in [-0.15, -0.1) is 0 Å². The Morgan fingerprint density at radius 3 is 1.33 bits per heavy atom. The number of methoxy groups -OCH3 is 2. The minimum Gasteiger partial charge on any atom is -0.465 e. The van der Waals surface area contributed by atoms with Crippen molar-refractivity contribution in [3.63, 3.8) is 0 Å². The van der Waals surface area contributed by atoms with Crippen LogP contribution in [0.15, 0.2) is 48.5 Å². The standard InChI is InChI=1S/C16H15NO4/c1-20-15(18)11-3-7-13(8-4-11)17-14-9-5-12(6-10-14)16(19)21-2/h3-10,17H,1-2H3/p+1. The molecule has 2 N–H and O–H groups in total. The highest BCUT2D eigenvalue weighted by molar-refractivity contribution is 5.90. The first kappa shape index (κ1) is 14.7. The van der Waals surface area contributed by atoms with Crippen LogP contribution in [0.2, 0.25) is 0 Å². The maximum Gasteiger partial charge on any atom is 0.337 e. The second kappa shape index (κ2) is 6.67.